The third-order valence-electron chi connectivity index (χ3n) is 5.19. The molecule has 1 aliphatic rings. The van der Waals surface area contributed by atoms with Gasteiger partial charge in [-0.2, -0.15) is 0 Å². The van der Waals surface area contributed by atoms with E-state index < -0.39 is 0 Å². The monoisotopic (exact) mass is 367 g/mol. The Balaban J connectivity index is 2.49. The number of allylic oxidation sites excluding steroid dienone is 2. The second-order valence-corrected chi connectivity index (χ2v) is 8.42. The van der Waals surface area contributed by atoms with E-state index in [9.17, 15) is 4.79 Å². The van der Waals surface area contributed by atoms with Crippen molar-refractivity contribution in [1.82, 2.24) is 5.32 Å². The Labute approximate surface area is 164 Å². The van der Waals surface area contributed by atoms with Crippen molar-refractivity contribution in [2.75, 3.05) is 7.11 Å². The van der Waals surface area contributed by atoms with Crippen molar-refractivity contribution in [3.05, 3.63) is 53.1 Å². The van der Waals surface area contributed by atoms with E-state index in [-0.39, 0.29) is 11.9 Å². The average molecular weight is 368 g/mol. The summed E-state index contributed by atoms with van der Waals surface area (Å²) >= 11 is 0. The molecule has 1 amide bonds. The molecular weight excluding hydrogens is 334 g/mol. The molecule has 27 heavy (non-hydrogen) atoms. The molecule has 1 aromatic carbocycles. The zero-order chi connectivity index (χ0) is 20.2. The summed E-state index contributed by atoms with van der Waals surface area (Å²) in [5.41, 5.74) is 5.66. The van der Waals surface area contributed by atoms with Gasteiger partial charge in [-0.1, -0.05) is 32.6 Å². The number of nitrogens with one attached hydrogen (secondary N) is 1. The summed E-state index contributed by atoms with van der Waals surface area (Å²) < 4.78 is 5.54. The van der Waals surface area contributed by atoms with Gasteiger partial charge < -0.3 is 10.1 Å². The predicted molar refractivity (Wildman–Crippen MR) is 115 cm³/mol. The third-order valence-corrected chi connectivity index (χ3v) is 5.19. The van der Waals surface area contributed by atoms with Crippen molar-refractivity contribution >= 4 is 17.6 Å². The number of methoxy groups -OCH3 is 1. The van der Waals surface area contributed by atoms with Crippen molar-refractivity contribution in [3.8, 4) is 5.75 Å². The lowest BCUT2D eigenvalue weighted by atomic mass is 9.76. The Kier molecular flexibility index (Phi) is 6.69. The lowest BCUT2D eigenvalue weighted by Gasteiger charge is -2.29. The molecule has 0 saturated carbocycles. The van der Waals surface area contributed by atoms with Gasteiger partial charge in [0, 0.05) is 11.6 Å². The minimum absolute atomic E-state index is 0.0820. The topological polar surface area (TPSA) is 38.3 Å². The number of hydrogen-bond acceptors (Lipinski definition) is 2. The van der Waals surface area contributed by atoms with Crippen LogP contribution in [0.4, 0.5) is 0 Å². The number of amides is 1. The molecule has 0 spiro atoms. The van der Waals surface area contributed by atoms with Gasteiger partial charge in [-0.25, -0.2) is 0 Å². The van der Waals surface area contributed by atoms with Gasteiger partial charge in [-0.3, -0.25) is 4.79 Å². The van der Waals surface area contributed by atoms with Crippen LogP contribution in [-0.2, 0) is 4.79 Å². The SMILES string of the molecule is C=C/C(=C\c1cc(OC)cc(C2=CCC(C)(C)CC2)c1C)C(=O)NC(C)C. The maximum atomic E-state index is 12.4. The van der Waals surface area contributed by atoms with Crippen molar-refractivity contribution in [1.29, 1.82) is 0 Å². The van der Waals surface area contributed by atoms with E-state index >= 15 is 0 Å². The lowest BCUT2D eigenvalue weighted by Crippen LogP contribution is -2.30. The quantitative estimate of drug-likeness (QED) is 0.518. The first-order chi connectivity index (χ1) is 12.7. The van der Waals surface area contributed by atoms with Gasteiger partial charge in [-0.15, -0.1) is 0 Å². The number of ether oxygens (including phenoxy) is 1. The lowest BCUT2D eigenvalue weighted by molar-refractivity contribution is -0.117. The number of carbonyl (C=O) groups is 1. The first-order valence-electron chi connectivity index (χ1n) is 9.70. The first-order valence-corrected chi connectivity index (χ1v) is 9.70. The molecular formula is C24H33NO2. The highest BCUT2D eigenvalue weighted by Gasteiger charge is 2.23. The van der Waals surface area contributed by atoms with E-state index in [2.05, 4.69) is 44.8 Å². The Morgan fingerprint density at radius 3 is 2.56 bits per heavy atom. The highest BCUT2D eigenvalue weighted by Crippen LogP contribution is 2.40. The van der Waals surface area contributed by atoms with E-state index in [0.29, 0.717) is 11.0 Å². The molecule has 0 aromatic heterocycles. The normalized spacial score (nSPS) is 16.7. The van der Waals surface area contributed by atoms with Crippen LogP contribution in [0, 0.1) is 12.3 Å². The van der Waals surface area contributed by atoms with E-state index in [0.717, 1.165) is 24.2 Å². The molecule has 2 rings (SSSR count). The fourth-order valence-corrected chi connectivity index (χ4v) is 3.36. The minimum Gasteiger partial charge on any atom is -0.497 e. The zero-order valence-corrected chi connectivity index (χ0v) is 17.6. The summed E-state index contributed by atoms with van der Waals surface area (Å²) in [6, 6.07) is 4.18. The largest absolute Gasteiger partial charge is 0.497 e. The number of rotatable bonds is 6. The Morgan fingerprint density at radius 1 is 1.33 bits per heavy atom. The van der Waals surface area contributed by atoms with Gasteiger partial charge >= 0.3 is 0 Å². The fourth-order valence-electron chi connectivity index (χ4n) is 3.36. The van der Waals surface area contributed by atoms with E-state index in [1.165, 1.54) is 23.1 Å². The van der Waals surface area contributed by atoms with Gasteiger partial charge in [0.15, 0.2) is 0 Å². The molecule has 1 aliphatic carbocycles. The van der Waals surface area contributed by atoms with Gasteiger partial charge in [0.25, 0.3) is 5.91 Å². The molecule has 0 aliphatic heterocycles. The number of carbonyl (C=O) groups excluding carboxylic acids is 1. The van der Waals surface area contributed by atoms with Crippen LogP contribution in [0.15, 0.2) is 36.4 Å². The zero-order valence-electron chi connectivity index (χ0n) is 17.6. The van der Waals surface area contributed by atoms with Gasteiger partial charge in [-0.05, 0) is 85.9 Å². The molecule has 3 nitrogen and oxygen atoms in total. The van der Waals surface area contributed by atoms with Gasteiger partial charge in [0.1, 0.15) is 5.75 Å². The second-order valence-electron chi connectivity index (χ2n) is 8.42. The smallest absolute Gasteiger partial charge is 0.251 e. The minimum atomic E-state index is -0.109. The van der Waals surface area contributed by atoms with Crippen molar-refractivity contribution in [3.63, 3.8) is 0 Å². The first kappa shape index (κ1) is 21.0. The molecule has 0 radical (unpaired) electrons. The Hall–Kier alpha value is -2.29. The summed E-state index contributed by atoms with van der Waals surface area (Å²) in [5, 5.41) is 2.93. The molecule has 0 bridgehead atoms. The van der Waals surface area contributed by atoms with Crippen LogP contribution in [0.5, 0.6) is 5.75 Å². The highest BCUT2D eigenvalue weighted by molar-refractivity contribution is 6.01. The van der Waals surface area contributed by atoms with E-state index in [4.69, 9.17) is 4.74 Å². The van der Waals surface area contributed by atoms with Crippen LogP contribution in [0.1, 0.15) is 63.6 Å². The average Bonchev–Trinajstić information content (AvgIpc) is 2.60. The van der Waals surface area contributed by atoms with E-state index in [1.807, 2.05) is 26.0 Å². The third kappa shape index (κ3) is 5.35. The maximum Gasteiger partial charge on any atom is 0.251 e. The van der Waals surface area contributed by atoms with Crippen LogP contribution in [0.3, 0.4) is 0 Å². The summed E-state index contributed by atoms with van der Waals surface area (Å²) in [5.74, 6) is 0.697. The molecule has 1 aromatic rings. The van der Waals surface area contributed by atoms with Crippen molar-refractivity contribution in [2.45, 2.75) is 59.9 Å². The Morgan fingerprint density at radius 2 is 2.04 bits per heavy atom. The standard InChI is InChI=1S/C24H33NO2/c1-8-18(23(26)25-16(2)3)13-20-14-21(27-7)15-22(17(20)4)19-9-11-24(5,6)12-10-19/h8-9,13-16H,1,10-12H2,2-7H3,(H,25,26)/b18-13+. The molecule has 0 unspecified atom stereocenters. The Bertz CT molecular complexity index is 782. The number of hydrogen-bond donors (Lipinski definition) is 1. The molecule has 0 atom stereocenters. The van der Waals surface area contributed by atoms with Crippen LogP contribution >= 0.6 is 0 Å². The van der Waals surface area contributed by atoms with Gasteiger partial charge in [0.05, 0.1) is 7.11 Å². The van der Waals surface area contributed by atoms with Crippen molar-refractivity contribution < 1.29 is 9.53 Å². The molecule has 1 N–H and O–H groups in total. The highest BCUT2D eigenvalue weighted by atomic mass is 16.5. The van der Waals surface area contributed by atoms with Gasteiger partial charge in [0.2, 0.25) is 0 Å². The second kappa shape index (κ2) is 8.60. The van der Waals surface area contributed by atoms with Crippen molar-refractivity contribution in [2.24, 2.45) is 5.41 Å². The van der Waals surface area contributed by atoms with Crippen LogP contribution in [0.2, 0.25) is 0 Å². The molecule has 0 fully saturated rings. The summed E-state index contributed by atoms with van der Waals surface area (Å²) in [6.45, 7) is 14.5. The molecule has 3 heteroatoms. The molecule has 0 heterocycles. The number of benzene rings is 1. The maximum absolute atomic E-state index is 12.4. The van der Waals surface area contributed by atoms with Crippen LogP contribution in [0.25, 0.3) is 11.6 Å². The van der Waals surface area contributed by atoms with Crippen LogP contribution < -0.4 is 10.1 Å². The molecule has 0 saturated heterocycles. The summed E-state index contributed by atoms with van der Waals surface area (Å²) in [4.78, 5) is 12.4. The summed E-state index contributed by atoms with van der Waals surface area (Å²) in [6.07, 6.45) is 9.19. The van der Waals surface area contributed by atoms with E-state index in [1.54, 1.807) is 13.2 Å². The predicted octanol–water partition coefficient (Wildman–Crippen LogP) is 5.69. The fraction of sp³-hybridized carbons (Fsp3) is 0.458. The summed E-state index contributed by atoms with van der Waals surface area (Å²) in [7, 11) is 1.68. The van der Waals surface area contributed by atoms with Crippen LogP contribution in [-0.4, -0.2) is 19.1 Å². The molecule has 146 valence electrons.